The number of aromatic carboxylic acids is 1. The van der Waals surface area contributed by atoms with Crippen LogP contribution in [0.1, 0.15) is 15.9 Å². The summed E-state index contributed by atoms with van der Waals surface area (Å²) in [6.45, 7) is 2.03. The van der Waals surface area contributed by atoms with Gasteiger partial charge >= 0.3 is 5.97 Å². The van der Waals surface area contributed by atoms with Gasteiger partial charge in [-0.3, -0.25) is 0 Å². The summed E-state index contributed by atoms with van der Waals surface area (Å²) in [7, 11) is 0. The van der Waals surface area contributed by atoms with E-state index in [9.17, 15) is 4.79 Å². The first-order valence-corrected chi connectivity index (χ1v) is 5.97. The first-order valence-electron chi connectivity index (χ1n) is 5.18. The molecular formula is C14H11BrO2. The predicted molar refractivity (Wildman–Crippen MR) is 71.3 cm³/mol. The molecule has 2 aromatic carbocycles. The van der Waals surface area contributed by atoms with E-state index in [1.165, 1.54) is 0 Å². The molecule has 0 aliphatic rings. The number of hydrogen-bond acceptors (Lipinski definition) is 1. The molecule has 1 N–H and O–H groups in total. The van der Waals surface area contributed by atoms with Gasteiger partial charge in [0.15, 0.2) is 0 Å². The molecule has 0 aliphatic carbocycles. The molecule has 0 saturated heterocycles. The number of hydrogen-bond donors (Lipinski definition) is 1. The highest BCUT2D eigenvalue weighted by Gasteiger charge is 2.05. The molecular weight excluding hydrogens is 280 g/mol. The van der Waals surface area contributed by atoms with Gasteiger partial charge in [0.25, 0.3) is 0 Å². The van der Waals surface area contributed by atoms with Crippen LogP contribution in [0.2, 0.25) is 0 Å². The van der Waals surface area contributed by atoms with Crippen LogP contribution in [0.5, 0.6) is 0 Å². The molecule has 0 radical (unpaired) electrons. The highest BCUT2D eigenvalue weighted by molar-refractivity contribution is 9.10. The molecule has 2 aromatic rings. The van der Waals surface area contributed by atoms with Crippen molar-refractivity contribution in [2.24, 2.45) is 0 Å². The summed E-state index contributed by atoms with van der Waals surface area (Å²) in [5.41, 5.74) is 3.61. The van der Waals surface area contributed by atoms with Crippen molar-refractivity contribution < 1.29 is 9.90 Å². The zero-order valence-electron chi connectivity index (χ0n) is 9.27. The average Bonchev–Trinajstić information content (AvgIpc) is 2.29. The second kappa shape index (κ2) is 4.72. The Balaban J connectivity index is 2.43. The largest absolute Gasteiger partial charge is 0.478 e. The summed E-state index contributed by atoms with van der Waals surface area (Å²) in [6.07, 6.45) is 0. The highest BCUT2D eigenvalue weighted by atomic mass is 79.9. The monoisotopic (exact) mass is 290 g/mol. The maximum Gasteiger partial charge on any atom is 0.335 e. The topological polar surface area (TPSA) is 37.3 Å². The molecule has 0 unspecified atom stereocenters. The zero-order chi connectivity index (χ0) is 12.4. The van der Waals surface area contributed by atoms with Gasteiger partial charge in [-0.05, 0) is 47.9 Å². The molecule has 2 rings (SSSR count). The molecule has 0 bridgehead atoms. The Hall–Kier alpha value is -1.61. The van der Waals surface area contributed by atoms with Crippen LogP contribution in [0.25, 0.3) is 11.1 Å². The quantitative estimate of drug-likeness (QED) is 0.903. The average molecular weight is 291 g/mol. The Morgan fingerprint density at radius 2 is 1.76 bits per heavy atom. The number of aryl methyl sites for hydroxylation is 1. The number of benzene rings is 2. The summed E-state index contributed by atoms with van der Waals surface area (Å²) in [5, 5.41) is 8.83. The van der Waals surface area contributed by atoms with Gasteiger partial charge in [0.05, 0.1) is 5.56 Å². The van der Waals surface area contributed by atoms with Gasteiger partial charge in [-0.1, -0.05) is 34.1 Å². The van der Waals surface area contributed by atoms with E-state index in [-0.39, 0.29) is 0 Å². The van der Waals surface area contributed by atoms with Crippen molar-refractivity contribution in [2.45, 2.75) is 6.92 Å². The third-order valence-corrected chi connectivity index (χ3v) is 3.12. The van der Waals surface area contributed by atoms with Crippen molar-refractivity contribution in [3.8, 4) is 11.1 Å². The molecule has 0 amide bonds. The predicted octanol–water partition coefficient (Wildman–Crippen LogP) is 4.12. The number of carbonyl (C=O) groups is 1. The molecule has 0 aromatic heterocycles. The highest BCUT2D eigenvalue weighted by Crippen LogP contribution is 2.26. The second-order valence-electron chi connectivity index (χ2n) is 3.84. The summed E-state index contributed by atoms with van der Waals surface area (Å²) in [5.74, 6) is -0.899. The molecule has 0 saturated carbocycles. The van der Waals surface area contributed by atoms with Crippen molar-refractivity contribution in [3.05, 3.63) is 58.1 Å². The lowest BCUT2D eigenvalue weighted by Gasteiger charge is -2.06. The molecule has 0 heterocycles. The Morgan fingerprint density at radius 1 is 1.12 bits per heavy atom. The molecule has 3 heteroatoms. The Bertz CT molecular complexity index is 559. The van der Waals surface area contributed by atoms with E-state index in [1.807, 2.05) is 37.3 Å². The van der Waals surface area contributed by atoms with Crippen LogP contribution in [0.3, 0.4) is 0 Å². The fraction of sp³-hybridized carbons (Fsp3) is 0.0714. The molecule has 0 atom stereocenters. The van der Waals surface area contributed by atoms with Gasteiger partial charge in [-0.15, -0.1) is 0 Å². The number of rotatable bonds is 2. The van der Waals surface area contributed by atoms with Crippen LogP contribution in [-0.2, 0) is 0 Å². The van der Waals surface area contributed by atoms with Gasteiger partial charge in [-0.25, -0.2) is 4.79 Å². The van der Waals surface area contributed by atoms with E-state index in [2.05, 4.69) is 15.9 Å². The number of carboxylic acids is 1. The van der Waals surface area contributed by atoms with E-state index < -0.39 is 5.97 Å². The summed E-state index contributed by atoms with van der Waals surface area (Å²) in [4.78, 5) is 10.8. The third-order valence-electron chi connectivity index (χ3n) is 2.63. The van der Waals surface area contributed by atoms with Crippen molar-refractivity contribution >= 4 is 21.9 Å². The van der Waals surface area contributed by atoms with Gasteiger partial charge in [-0.2, -0.15) is 0 Å². The van der Waals surface area contributed by atoms with E-state index >= 15 is 0 Å². The lowest BCUT2D eigenvalue weighted by atomic mass is 10.00. The molecule has 17 heavy (non-hydrogen) atoms. The van der Waals surface area contributed by atoms with Crippen molar-refractivity contribution in [3.63, 3.8) is 0 Å². The first-order chi connectivity index (χ1) is 8.08. The smallest absolute Gasteiger partial charge is 0.335 e. The van der Waals surface area contributed by atoms with Gasteiger partial charge in [0.1, 0.15) is 0 Å². The van der Waals surface area contributed by atoms with Crippen molar-refractivity contribution in [1.82, 2.24) is 0 Å². The fourth-order valence-corrected chi connectivity index (χ4v) is 2.22. The standard InChI is InChI=1S/C14H11BrO2/c1-9-8-12(15)6-7-13(9)10-2-4-11(5-3-10)14(16)17/h2-8H,1H3,(H,16,17). The van der Waals surface area contributed by atoms with Crippen LogP contribution >= 0.6 is 15.9 Å². The first kappa shape index (κ1) is 11.9. The van der Waals surface area contributed by atoms with Crippen LogP contribution < -0.4 is 0 Å². The zero-order valence-corrected chi connectivity index (χ0v) is 10.9. The lowest BCUT2D eigenvalue weighted by molar-refractivity contribution is 0.0697. The van der Waals surface area contributed by atoms with Crippen molar-refractivity contribution in [2.75, 3.05) is 0 Å². The van der Waals surface area contributed by atoms with E-state index in [1.54, 1.807) is 12.1 Å². The maximum absolute atomic E-state index is 10.8. The Morgan fingerprint density at radius 3 is 2.29 bits per heavy atom. The van der Waals surface area contributed by atoms with E-state index in [0.29, 0.717) is 5.56 Å². The molecule has 0 spiro atoms. The van der Waals surface area contributed by atoms with Gasteiger partial charge < -0.3 is 5.11 Å². The Labute approximate surface area is 108 Å². The summed E-state index contributed by atoms with van der Waals surface area (Å²) in [6, 6.07) is 13.0. The summed E-state index contributed by atoms with van der Waals surface area (Å²) < 4.78 is 1.04. The number of halogens is 1. The third kappa shape index (κ3) is 2.56. The minimum Gasteiger partial charge on any atom is -0.478 e. The molecule has 86 valence electrons. The minimum atomic E-state index is -0.899. The van der Waals surface area contributed by atoms with Gasteiger partial charge in [0, 0.05) is 4.47 Å². The second-order valence-corrected chi connectivity index (χ2v) is 4.76. The molecule has 2 nitrogen and oxygen atoms in total. The normalized spacial score (nSPS) is 10.2. The van der Waals surface area contributed by atoms with Gasteiger partial charge in [0.2, 0.25) is 0 Å². The maximum atomic E-state index is 10.8. The molecule has 0 aliphatic heterocycles. The Kier molecular flexibility index (Phi) is 3.29. The SMILES string of the molecule is Cc1cc(Br)ccc1-c1ccc(C(=O)O)cc1. The minimum absolute atomic E-state index is 0.309. The summed E-state index contributed by atoms with van der Waals surface area (Å²) >= 11 is 3.42. The molecule has 0 fully saturated rings. The van der Waals surface area contributed by atoms with Crippen LogP contribution in [0, 0.1) is 6.92 Å². The fourth-order valence-electron chi connectivity index (χ4n) is 1.74. The van der Waals surface area contributed by atoms with Crippen LogP contribution in [0.4, 0.5) is 0 Å². The van der Waals surface area contributed by atoms with Crippen LogP contribution in [-0.4, -0.2) is 11.1 Å². The van der Waals surface area contributed by atoms with E-state index in [4.69, 9.17) is 5.11 Å². The number of carboxylic acid groups (broad SMARTS) is 1. The van der Waals surface area contributed by atoms with Crippen molar-refractivity contribution in [1.29, 1.82) is 0 Å². The van der Waals surface area contributed by atoms with Crippen LogP contribution in [0.15, 0.2) is 46.9 Å². The van der Waals surface area contributed by atoms with E-state index in [0.717, 1.165) is 21.2 Å². The lowest BCUT2D eigenvalue weighted by Crippen LogP contribution is -1.95.